The summed E-state index contributed by atoms with van der Waals surface area (Å²) in [6, 6.07) is 9.81. The minimum Gasteiger partial charge on any atom is -0.291 e. The average molecular weight is 257 g/mol. The summed E-state index contributed by atoms with van der Waals surface area (Å²) in [6.45, 7) is 6.64. The molecular weight excluding hydrogens is 238 g/mol. The van der Waals surface area contributed by atoms with Crippen LogP contribution in [-0.4, -0.2) is 20.8 Å². The van der Waals surface area contributed by atoms with Crippen LogP contribution in [0, 0.1) is 0 Å². The SMILES string of the molecule is CCCn1nncc1C(=O)C(C)(C)c1ccccc1. The summed E-state index contributed by atoms with van der Waals surface area (Å²) in [5.74, 6) is 0.0529. The van der Waals surface area contributed by atoms with E-state index in [4.69, 9.17) is 0 Å². The van der Waals surface area contributed by atoms with Gasteiger partial charge in [0.25, 0.3) is 0 Å². The Balaban J connectivity index is 2.35. The summed E-state index contributed by atoms with van der Waals surface area (Å²) in [6.07, 6.45) is 2.48. The molecule has 2 rings (SSSR count). The Morgan fingerprint density at radius 3 is 2.58 bits per heavy atom. The number of Topliss-reactive ketones (excluding diaryl/α,β-unsaturated/α-hetero) is 1. The first-order valence-electron chi connectivity index (χ1n) is 6.56. The Morgan fingerprint density at radius 1 is 1.26 bits per heavy atom. The smallest absolute Gasteiger partial charge is 0.192 e. The number of aromatic nitrogens is 3. The van der Waals surface area contributed by atoms with Gasteiger partial charge in [0.15, 0.2) is 5.78 Å². The number of aryl methyl sites for hydroxylation is 1. The lowest BCUT2D eigenvalue weighted by Gasteiger charge is -2.23. The number of hydrogen-bond acceptors (Lipinski definition) is 3. The Kier molecular flexibility index (Phi) is 3.79. The van der Waals surface area contributed by atoms with Gasteiger partial charge in [0.05, 0.1) is 11.6 Å². The van der Waals surface area contributed by atoms with Crippen molar-refractivity contribution in [1.29, 1.82) is 0 Å². The highest BCUT2D eigenvalue weighted by Gasteiger charge is 2.32. The predicted octanol–water partition coefficient (Wildman–Crippen LogP) is 2.85. The summed E-state index contributed by atoms with van der Waals surface area (Å²) in [4.78, 5) is 12.7. The third-order valence-electron chi connectivity index (χ3n) is 3.35. The normalized spacial score (nSPS) is 11.5. The van der Waals surface area contributed by atoms with Crippen molar-refractivity contribution in [3.63, 3.8) is 0 Å². The first kappa shape index (κ1) is 13.5. The molecule has 0 bridgehead atoms. The van der Waals surface area contributed by atoms with Crippen molar-refractivity contribution < 1.29 is 4.79 Å². The molecule has 4 nitrogen and oxygen atoms in total. The van der Waals surface area contributed by atoms with Crippen molar-refractivity contribution in [2.24, 2.45) is 0 Å². The molecule has 0 aliphatic rings. The Bertz CT molecular complexity index is 558. The molecule has 0 saturated heterocycles. The molecule has 19 heavy (non-hydrogen) atoms. The molecule has 4 heteroatoms. The molecule has 0 aliphatic heterocycles. The molecule has 1 aromatic carbocycles. The van der Waals surface area contributed by atoms with E-state index in [1.807, 2.05) is 44.2 Å². The maximum absolute atomic E-state index is 12.7. The fraction of sp³-hybridized carbons (Fsp3) is 0.400. The van der Waals surface area contributed by atoms with Crippen molar-refractivity contribution >= 4 is 5.78 Å². The second-order valence-electron chi connectivity index (χ2n) is 5.16. The van der Waals surface area contributed by atoms with Gasteiger partial charge in [-0.15, -0.1) is 5.10 Å². The van der Waals surface area contributed by atoms with Crippen LogP contribution in [0.4, 0.5) is 0 Å². The van der Waals surface area contributed by atoms with Crippen LogP contribution in [0.2, 0.25) is 0 Å². The van der Waals surface area contributed by atoms with E-state index < -0.39 is 5.41 Å². The highest BCUT2D eigenvalue weighted by Crippen LogP contribution is 2.27. The average Bonchev–Trinajstić information content (AvgIpc) is 2.87. The number of rotatable bonds is 5. The molecule has 0 aliphatic carbocycles. The van der Waals surface area contributed by atoms with E-state index in [0.717, 1.165) is 12.0 Å². The van der Waals surface area contributed by atoms with Crippen LogP contribution in [0.25, 0.3) is 0 Å². The van der Waals surface area contributed by atoms with Crippen LogP contribution in [0.15, 0.2) is 36.5 Å². The lowest BCUT2D eigenvalue weighted by atomic mass is 9.79. The van der Waals surface area contributed by atoms with Crippen molar-refractivity contribution in [2.45, 2.75) is 39.2 Å². The van der Waals surface area contributed by atoms with Gasteiger partial charge in [0, 0.05) is 6.54 Å². The molecule has 0 amide bonds. The molecule has 0 atom stereocenters. The van der Waals surface area contributed by atoms with E-state index in [9.17, 15) is 4.79 Å². The molecular formula is C15H19N3O. The zero-order valence-corrected chi connectivity index (χ0v) is 11.6. The van der Waals surface area contributed by atoms with Gasteiger partial charge in [-0.3, -0.25) is 4.79 Å². The maximum atomic E-state index is 12.7. The second kappa shape index (κ2) is 5.34. The van der Waals surface area contributed by atoms with Gasteiger partial charge in [-0.2, -0.15) is 0 Å². The quantitative estimate of drug-likeness (QED) is 0.774. The van der Waals surface area contributed by atoms with Crippen molar-refractivity contribution in [3.05, 3.63) is 47.8 Å². The highest BCUT2D eigenvalue weighted by molar-refractivity contribution is 6.02. The summed E-state index contributed by atoms with van der Waals surface area (Å²) in [5, 5.41) is 7.84. The summed E-state index contributed by atoms with van der Waals surface area (Å²) in [5.41, 5.74) is 1.01. The minimum absolute atomic E-state index is 0.0529. The fourth-order valence-corrected chi connectivity index (χ4v) is 2.12. The fourth-order valence-electron chi connectivity index (χ4n) is 2.12. The van der Waals surface area contributed by atoms with Crippen LogP contribution in [-0.2, 0) is 12.0 Å². The minimum atomic E-state index is -0.575. The predicted molar refractivity (Wildman–Crippen MR) is 74.1 cm³/mol. The molecule has 1 aromatic heterocycles. The van der Waals surface area contributed by atoms with Crippen molar-refractivity contribution in [2.75, 3.05) is 0 Å². The number of nitrogens with zero attached hydrogens (tertiary/aromatic N) is 3. The molecule has 1 heterocycles. The maximum Gasteiger partial charge on any atom is 0.192 e. The van der Waals surface area contributed by atoms with Gasteiger partial charge < -0.3 is 0 Å². The van der Waals surface area contributed by atoms with E-state index in [0.29, 0.717) is 12.2 Å². The summed E-state index contributed by atoms with van der Waals surface area (Å²) in [7, 11) is 0. The van der Waals surface area contributed by atoms with Gasteiger partial charge in [-0.05, 0) is 25.8 Å². The van der Waals surface area contributed by atoms with Gasteiger partial charge in [-0.25, -0.2) is 4.68 Å². The van der Waals surface area contributed by atoms with E-state index in [1.54, 1.807) is 10.9 Å². The van der Waals surface area contributed by atoms with Crippen LogP contribution in [0.1, 0.15) is 43.2 Å². The number of carbonyl (C=O) groups excluding carboxylic acids is 1. The Morgan fingerprint density at radius 2 is 1.95 bits per heavy atom. The molecule has 100 valence electrons. The topological polar surface area (TPSA) is 47.8 Å². The van der Waals surface area contributed by atoms with Crippen molar-refractivity contribution in [1.82, 2.24) is 15.0 Å². The standard InChI is InChI=1S/C15H19N3O/c1-4-10-18-13(11-16-17-18)14(19)15(2,3)12-8-6-5-7-9-12/h5-9,11H,4,10H2,1-3H3. The van der Waals surface area contributed by atoms with Gasteiger partial charge in [0.1, 0.15) is 5.69 Å². The van der Waals surface area contributed by atoms with E-state index >= 15 is 0 Å². The number of ketones is 1. The van der Waals surface area contributed by atoms with E-state index in [1.165, 1.54) is 0 Å². The van der Waals surface area contributed by atoms with E-state index in [-0.39, 0.29) is 5.78 Å². The van der Waals surface area contributed by atoms with Crippen LogP contribution in [0.5, 0.6) is 0 Å². The van der Waals surface area contributed by atoms with Crippen molar-refractivity contribution in [3.8, 4) is 0 Å². The summed E-state index contributed by atoms with van der Waals surface area (Å²) < 4.78 is 1.69. The summed E-state index contributed by atoms with van der Waals surface area (Å²) >= 11 is 0. The third kappa shape index (κ3) is 2.57. The van der Waals surface area contributed by atoms with Gasteiger partial charge in [-0.1, -0.05) is 42.5 Å². The Labute approximate surface area is 113 Å². The van der Waals surface area contributed by atoms with Gasteiger partial charge in [0.2, 0.25) is 0 Å². The lowest BCUT2D eigenvalue weighted by Crippen LogP contribution is -2.31. The van der Waals surface area contributed by atoms with E-state index in [2.05, 4.69) is 17.2 Å². The molecule has 2 aromatic rings. The highest BCUT2D eigenvalue weighted by atomic mass is 16.1. The monoisotopic (exact) mass is 257 g/mol. The van der Waals surface area contributed by atoms with Crippen LogP contribution >= 0.6 is 0 Å². The van der Waals surface area contributed by atoms with Gasteiger partial charge >= 0.3 is 0 Å². The molecule has 0 N–H and O–H groups in total. The first-order valence-corrected chi connectivity index (χ1v) is 6.56. The Hall–Kier alpha value is -1.97. The van der Waals surface area contributed by atoms with Crippen LogP contribution in [0.3, 0.4) is 0 Å². The number of carbonyl (C=O) groups is 1. The molecule has 0 saturated carbocycles. The lowest BCUT2D eigenvalue weighted by molar-refractivity contribution is 0.0897. The first-order chi connectivity index (χ1) is 9.07. The molecule has 0 spiro atoms. The molecule has 0 radical (unpaired) electrons. The second-order valence-corrected chi connectivity index (χ2v) is 5.16. The molecule has 0 unspecified atom stereocenters. The number of benzene rings is 1. The van der Waals surface area contributed by atoms with Crippen LogP contribution < -0.4 is 0 Å². The molecule has 0 fully saturated rings. The zero-order chi connectivity index (χ0) is 13.9. The largest absolute Gasteiger partial charge is 0.291 e. The number of hydrogen-bond donors (Lipinski definition) is 0. The zero-order valence-electron chi connectivity index (χ0n) is 11.6. The third-order valence-corrected chi connectivity index (χ3v) is 3.35.